The Hall–Kier alpha value is -3.15. The Morgan fingerprint density at radius 3 is 2.65 bits per heavy atom. The molecule has 3 aromatic rings. The molecular formula is C20H22N4O2. The third-order valence-corrected chi connectivity index (χ3v) is 4.07. The maximum absolute atomic E-state index is 12.6. The van der Waals surface area contributed by atoms with E-state index >= 15 is 0 Å². The third kappa shape index (κ3) is 3.91. The molecule has 0 aliphatic heterocycles. The highest BCUT2D eigenvalue weighted by atomic mass is 16.5. The average molecular weight is 350 g/mol. The zero-order valence-corrected chi connectivity index (χ0v) is 15.0. The van der Waals surface area contributed by atoms with Crippen molar-refractivity contribution in [2.75, 3.05) is 7.11 Å². The fourth-order valence-electron chi connectivity index (χ4n) is 2.76. The molecule has 0 spiro atoms. The lowest BCUT2D eigenvalue weighted by Crippen LogP contribution is -2.24. The zero-order valence-electron chi connectivity index (χ0n) is 15.0. The number of methoxy groups -OCH3 is 1. The Bertz CT molecular complexity index is 857. The Balaban J connectivity index is 1.82. The first-order chi connectivity index (χ1) is 12.7. The van der Waals surface area contributed by atoms with Gasteiger partial charge in [0.15, 0.2) is 0 Å². The van der Waals surface area contributed by atoms with Gasteiger partial charge in [0.25, 0.3) is 5.91 Å². The second-order valence-corrected chi connectivity index (χ2v) is 5.87. The number of hydrogen-bond acceptors (Lipinski definition) is 4. The topological polar surface area (TPSA) is 69.0 Å². The summed E-state index contributed by atoms with van der Waals surface area (Å²) in [5.41, 5.74) is 3.22. The highest BCUT2D eigenvalue weighted by Crippen LogP contribution is 2.19. The molecule has 1 N–H and O–H groups in total. The van der Waals surface area contributed by atoms with E-state index in [0.29, 0.717) is 12.1 Å². The minimum Gasteiger partial charge on any atom is -0.497 e. The van der Waals surface area contributed by atoms with Crippen molar-refractivity contribution >= 4 is 5.91 Å². The van der Waals surface area contributed by atoms with Gasteiger partial charge in [-0.3, -0.25) is 9.78 Å². The summed E-state index contributed by atoms with van der Waals surface area (Å²) in [6.45, 7) is 2.47. The van der Waals surface area contributed by atoms with E-state index in [1.54, 1.807) is 19.5 Å². The van der Waals surface area contributed by atoms with Crippen LogP contribution in [0, 0.1) is 0 Å². The first-order valence-corrected chi connectivity index (χ1v) is 8.62. The van der Waals surface area contributed by atoms with E-state index < -0.39 is 0 Å². The molecule has 0 saturated heterocycles. The van der Waals surface area contributed by atoms with E-state index in [1.807, 2.05) is 47.1 Å². The molecule has 0 radical (unpaired) electrons. The fourth-order valence-corrected chi connectivity index (χ4v) is 2.76. The Morgan fingerprint density at radius 2 is 2.00 bits per heavy atom. The molecule has 0 unspecified atom stereocenters. The number of pyridine rings is 1. The molecule has 2 aromatic heterocycles. The number of amides is 1. The van der Waals surface area contributed by atoms with Crippen molar-refractivity contribution in [3.8, 4) is 11.4 Å². The van der Waals surface area contributed by atoms with Crippen molar-refractivity contribution in [1.82, 2.24) is 20.1 Å². The normalized spacial score (nSPS) is 10.5. The van der Waals surface area contributed by atoms with Crippen molar-refractivity contribution in [3.05, 3.63) is 71.8 Å². The van der Waals surface area contributed by atoms with Gasteiger partial charge in [-0.25, -0.2) is 4.68 Å². The van der Waals surface area contributed by atoms with E-state index in [1.165, 1.54) is 0 Å². The number of nitrogens with one attached hydrogen (secondary N) is 1. The molecule has 0 bridgehead atoms. The van der Waals surface area contributed by atoms with Gasteiger partial charge < -0.3 is 10.1 Å². The maximum Gasteiger partial charge on any atom is 0.255 e. The van der Waals surface area contributed by atoms with Gasteiger partial charge >= 0.3 is 0 Å². The molecule has 0 atom stereocenters. The number of carbonyl (C=O) groups is 1. The lowest BCUT2D eigenvalue weighted by atomic mass is 10.1. The molecule has 6 heteroatoms. The van der Waals surface area contributed by atoms with Crippen LogP contribution in [0.2, 0.25) is 0 Å². The van der Waals surface area contributed by atoms with Crippen molar-refractivity contribution in [2.45, 2.75) is 26.3 Å². The number of aromatic nitrogens is 3. The van der Waals surface area contributed by atoms with Crippen molar-refractivity contribution in [1.29, 1.82) is 0 Å². The molecule has 1 amide bonds. The second kappa shape index (κ2) is 8.29. The van der Waals surface area contributed by atoms with Crippen molar-refractivity contribution in [3.63, 3.8) is 0 Å². The quantitative estimate of drug-likeness (QED) is 0.711. The van der Waals surface area contributed by atoms with Gasteiger partial charge in [-0.15, -0.1) is 0 Å². The van der Waals surface area contributed by atoms with Gasteiger partial charge in [-0.05, 0) is 42.8 Å². The van der Waals surface area contributed by atoms with Crippen molar-refractivity contribution in [2.24, 2.45) is 0 Å². The summed E-state index contributed by atoms with van der Waals surface area (Å²) in [5.74, 6) is 0.644. The molecular weight excluding hydrogens is 328 g/mol. The van der Waals surface area contributed by atoms with E-state index in [4.69, 9.17) is 4.74 Å². The summed E-state index contributed by atoms with van der Waals surface area (Å²) >= 11 is 0. The standard InChI is InChI=1S/C20H22N4O2/c1-3-6-19-18(20(25)22-13-15-7-4-5-12-21-15)14-23-24(19)16-8-10-17(26-2)11-9-16/h4-5,7-12,14H,3,6,13H2,1-2H3,(H,22,25). The number of carbonyl (C=O) groups excluding carboxylic acids is 1. The predicted octanol–water partition coefficient (Wildman–Crippen LogP) is 3.16. The van der Waals surface area contributed by atoms with Gasteiger partial charge in [0.05, 0.1) is 42.5 Å². The lowest BCUT2D eigenvalue weighted by molar-refractivity contribution is 0.0949. The van der Waals surface area contributed by atoms with Crippen LogP contribution in [0.5, 0.6) is 5.75 Å². The van der Waals surface area contributed by atoms with Gasteiger partial charge in [0.2, 0.25) is 0 Å². The Morgan fingerprint density at radius 1 is 1.19 bits per heavy atom. The third-order valence-electron chi connectivity index (χ3n) is 4.07. The average Bonchev–Trinajstić information content (AvgIpc) is 3.11. The maximum atomic E-state index is 12.6. The summed E-state index contributed by atoms with van der Waals surface area (Å²) in [4.78, 5) is 16.9. The molecule has 1 aromatic carbocycles. The molecule has 0 aliphatic rings. The number of ether oxygens (including phenoxy) is 1. The Kier molecular flexibility index (Phi) is 5.63. The predicted molar refractivity (Wildman–Crippen MR) is 99.5 cm³/mol. The van der Waals surface area contributed by atoms with Crippen LogP contribution < -0.4 is 10.1 Å². The van der Waals surface area contributed by atoms with Gasteiger partial charge in [-0.1, -0.05) is 19.4 Å². The van der Waals surface area contributed by atoms with Gasteiger partial charge in [0.1, 0.15) is 5.75 Å². The van der Waals surface area contributed by atoms with Crippen LogP contribution in [0.3, 0.4) is 0 Å². The minimum atomic E-state index is -0.140. The molecule has 3 rings (SSSR count). The summed E-state index contributed by atoms with van der Waals surface area (Å²) in [7, 11) is 1.63. The van der Waals surface area contributed by atoms with Crippen LogP contribution in [-0.4, -0.2) is 27.8 Å². The second-order valence-electron chi connectivity index (χ2n) is 5.87. The molecule has 0 saturated carbocycles. The van der Waals surface area contributed by atoms with Crippen LogP contribution in [-0.2, 0) is 13.0 Å². The summed E-state index contributed by atoms with van der Waals surface area (Å²) in [5, 5.41) is 7.36. The molecule has 6 nitrogen and oxygen atoms in total. The van der Waals surface area contributed by atoms with Crippen LogP contribution in [0.4, 0.5) is 0 Å². The van der Waals surface area contributed by atoms with E-state index in [2.05, 4.69) is 22.3 Å². The highest BCUT2D eigenvalue weighted by molar-refractivity contribution is 5.95. The number of rotatable bonds is 7. The Labute approximate surface area is 152 Å². The van der Waals surface area contributed by atoms with Crippen molar-refractivity contribution < 1.29 is 9.53 Å². The van der Waals surface area contributed by atoms with Crippen LogP contribution in [0.25, 0.3) is 5.69 Å². The van der Waals surface area contributed by atoms with Gasteiger partial charge in [-0.2, -0.15) is 5.10 Å². The largest absolute Gasteiger partial charge is 0.497 e. The SMILES string of the molecule is CCCc1c(C(=O)NCc2ccccn2)cnn1-c1ccc(OC)cc1. The lowest BCUT2D eigenvalue weighted by Gasteiger charge is -2.10. The summed E-state index contributed by atoms with van der Waals surface area (Å²) in [6.07, 6.45) is 5.02. The highest BCUT2D eigenvalue weighted by Gasteiger charge is 2.17. The smallest absolute Gasteiger partial charge is 0.255 e. The molecule has 0 fully saturated rings. The number of benzene rings is 1. The molecule has 2 heterocycles. The van der Waals surface area contributed by atoms with Gasteiger partial charge in [0, 0.05) is 6.20 Å². The number of nitrogens with zero attached hydrogens (tertiary/aromatic N) is 3. The first-order valence-electron chi connectivity index (χ1n) is 8.62. The van der Waals surface area contributed by atoms with Crippen LogP contribution in [0.15, 0.2) is 54.9 Å². The molecule has 26 heavy (non-hydrogen) atoms. The van der Waals surface area contributed by atoms with E-state index in [0.717, 1.165) is 35.7 Å². The van der Waals surface area contributed by atoms with E-state index in [9.17, 15) is 4.79 Å². The van der Waals surface area contributed by atoms with Crippen LogP contribution >= 0.6 is 0 Å². The van der Waals surface area contributed by atoms with Crippen LogP contribution in [0.1, 0.15) is 35.1 Å². The fraction of sp³-hybridized carbons (Fsp3) is 0.250. The first kappa shape index (κ1) is 17.7. The summed E-state index contributed by atoms with van der Waals surface area (Å²) < 4.78 is 7.02. The number of hydrogen-bond donors (Lipinski definition) is 1. The molecule has 0 aliphatic carbocycles. The monoisotopic (exact) mass is 350 g/mol. The zero-order chi connectivity index (χ0) is 18.4. The molecule has 134 valence electrons. The van der Waals surface area contributed by atoms with E-state index in [-0.39, 0.29) is 5.91 Å². The summed E-state index contributed by atoms with van der Waals surface area (Å²) in [6, 6.07) is 13.3. The minimum absolute atomic E-state index is 0.140.